The van der Waals surface area contributed by atoms with E-state index in [0.717, 1.165) is 46.3 Å². The summed E-state index contributed by atoms with van der Waals surface area (Å²) < 4.78 is 13.6. The van der Waals surface area contributed by atoms with Crippen molar-refractivity contribution >= 4 is 10.9 Å². The zero-order valence-corrected chi connectivity index (χ0v) is 12.3. The molecule has 1 aliphatic heterocycles. The number of nitrogens with one attached hydrogen (secondary N) is 2. The Morgan fingerprint density at radius 3 is 2.91 bits per heavy atom. The molecule has 1 unspecified atom stereocenters. The first-order valence-corrected chi connectivity index (χ1v) is 7.46. The first-order valence-electron chi connectivity index (χ1n) is 7.46. The van der Waals surface area contributed by atoms with Crippen molar-refractivity contribution in [1.29, 1.82) is 0 Å². The van der Waals surface area contributed by atoms with E-state index >= 15 is 0 Å². The maximum absolute atomic E-state index is 13.6. The van der Waals surface area contributed by atoms with Gasteiger partial charge in [-0.05, 0) is 43.2 Å². The van der Waals surface area contributed by atoms with Gasteiger partial charge in [-0.25, -0.2) is 4.39 Å². The lowest BCUT2D eigenvalue weighted by Crippen LogP contribution is -2.30. The van der Waals surface area contributed by atoms with Crippen LogP contribution in [0.5, 0.6) is 5.75 Å². The molecule has 4 heteroatoms. The highest BCUT2D eigenvalue weighted by Gasteiger charge is 2.27. The second-order valence-corrected chi connectivity index (χ2v) is 5.91. The molecule has 0 saturated carbocycles. The van der Waals surface area contributed by atoms with Crippen molar-refractivity contribution in [1.82, 2.24) is 10.3 Å². The van der Waals surface area contributed by atoms with Gasteiger partial charge in [-0.2, -0.15) is 0 Å². The minimum Gasteiger partial charge on any atom is -0.508 e. The lowest BCUT2D eigenvalue weighted by molar-refractivity contribution is 0.452. The second-order valence-electron chi connectivity index (χ2n) is 5.91. The molecule has 0 saturated heterocycles. The van der Waals surface area contributed by atoms with E-state index in [1.165, 1.54) is 6.07 Å². The maximum Gasteiger partial charge on any atom is 0.123 e. The molecule has 1 aliphatic rings. The van der Waals surface area contributed by atoms with E-state index in [0.29, 0.717) is 0 Å². The fourth-order valence-corrected chi connectivity index (χ4v) is 3.37. The SMILES string of the molecule is Cc1ccc(O)c(C2NCCc3c2[nH]c2ccc(F)cc32)c1. The number of aromatic amines is 1. The number of aromatic nitrogens is 1. The van der Waals surface area contributed by atoms with E-state index in [1.54, 1.807) is 18.2 Å². The molecule has 0 aliphatic carbocycles. The van der Waals surface area contributed by atoms with Crippen LogP contribution >= 0.6 is 0 Å². The highest BCUT2D eigenvalue weighted by molar-refractivity contribution is 5.85. The predicted molar refractivity (Wildman–Crippen MR) is 84.7 cm³/mol. The first kappa shape index (κ1) is 13.3. The Hall–Kier alpha value is -2.33. The maximum atomic E-state index is 13.6. The molecule has 0 bridgehead atoms. The summed E-state index contributed by atoms with van der Waals surface area (Å²) in [6.45, 7) is 2.81. The summed E-state index contributed by atoms with van der Waals surface area (Å²) in [5.41, 5.74) is 5.05. The van der Waals surface area contributed by atoms with E-state index in [9.17, 15) is 9.50 Å². The third-order valence-corrected chi connectivity index (χ3v) is 4.41. The van der Waals surface area contributed by atoms with E-state index in [4.69, 9.17) is 0 Å². The van der Waals surface area contributed by atoms with E-state index in [-0.39, 0.29) is 17.6 Å². The minimum atomic E-state index is -0.220. The van der Waals surface area contributed by atoms with Crippen molar-refractivity contribution in [3.63, 3.8) is 0 Å². The van der Waals surface area contributed by atoms with Gasteiger partial charge in [0, 0.05) is 28.7 Å². The number of benzene rings is 2. The fraction of sp³-hybridized carbons (Fsp3) is 0.222. The van der Waals surface area contributed by atoms with Gasteiger partial charge in [-0.3, -0.25) is 0 Å². The number of phenols is 1. The molecule has 0 radical (unpaired) electrons. The fourth-order valence-electron chi connectivity index (χ4n) is 3.37. The molecule has 3 aromatic rings. The Morgan fingerprint density at radius 2 is 2.05 bits per heavy atom. The lowest BCUT2D eigenvalue weighted by atomic mass is 9.93. The highest BCUT2D eigenvalue weighted by Crippen LogP contribution is 2.37. The summed E-state index contributed by atoms with van der Waals surface area (Å²) >= 11 is 0. The molecule has 112 valence electrons. The predicted octanol–water partition coefficient (Wildman–Crippen LogP) is 3.56. The largest absolute Gasteiger partial charge is 0.508 e. The minimum absolute atomic E-state index is 0.0980. The Bertz CT molecular complexity index is 869. The number of rotatable bonds is 1. The summed E-state index contributed by atoms with van der Waals surface area (Å²) in [7, 11) is 0. The average Bonchev–Trinajstić information content (AvgIpc) is 2.88. The van der Waals surface area contributed by atoms with Gasteiger partial charge >= 0.3 is 0 Å². The van der Waals surface area contributed by atoms with Gasteiger partial charge in [-0.1, -0.05) is 17.7 Å². The van der Waals surface area contributed by atoms with Crippen LogP contribution in [0, 0.1) is 12.7 Å². The van der Waals surface area contributed by atoms with Crippen LogP contribution < -0.4 is 5.32 Å². The van der Waals surface area contributed by atoms with Crippen molar-refractivity contribution in [2.75, 3.05) is 6.54 Å². The number of halogens is 1. The smallest absolute Gasteiger partial charge is 0.123 e. The lowest BCUT2D eigenvalue weighted by Gasteiger charge is -2.25. The molecular weight excluding hydrogens is 279 g/mol. The summed E-state index contributed by atoms with van der Waals surface area (Å²) in [6.07, 6.45) is 0.849. The number of aromatic hydroxyl groups is 1. The number of phenolic OH excluding ortho intramolecular Hbond substituents is 1. The third kappa shape index (κ3) is 1.99. The zero-order chi connectivity index (χ0) is 15.3. The number of aryl methyl sites for hydroxylation is 1. The van der Waals surface area contributed by atoms with E-state index < -0.39 is 0 Å². The molecule has 1 aromatic heterocycles. The monoisotopic (exact) mass is 296 g/mol. The molecule has 4 rings (SSSR count). The van der Waals surface area contributed by atoms with Crippen LogP contribution in [0.3, 0.4) is 0 Å². The molecule has 2 aromatic carbocycles. The van der Waals surface area contributed by atoms with Crippen LogP contribution in [0.2, 0.25) is 0 Å². The van der Waals surface area contributed by atoms with Crippen molar-refractivity contribution < 1.29 is 9.50 Å². The van der Waals surface area contributed by atoms with Crippen LogP contribution in [0.25, 0.3) is 10.9 Å². The topological polar surface area (TPSA) is 48.0 Å². The standard InChI is InChI=1S/C18H17FN2O/c1-10-2-5-16(22)14(8-10)17-18-12(6-7-20-17)13-9-11(19)3-4-15(13)21-18/h2-5,8-9,17,20-22H,6-7H2,1H3. The van der Waals surface area contributed by atoms with Crippen LogP contribution in [0.4, 0.5) is 4.39 Å². The number of hydrogen-bond acceptors (Lipinski definition) is 2. The van der Waals surface area contributed by atoms with Gasteiger partial charge < -0.3 is 15.4 Å². The summed E-state index contributed by atoms with van der Waals surface area (Å²) in [4.78, 5) is 3.40. The molecular formula is C18H17FN2O. The quantitative estimate of drug-likeness (QED) is 0.643. The summed E-state index contributed by atoms with van der Waals surface area (Å²) in [5, 5.41) is 14.6. The Labute approximate surface area is 127 Å². The molecule has 3 N–H and O–H groups in total. The van der Waals surface area contributed by atoms with Crippen LogP contribution in [-0.2, 0) is 6.42 Å². The molecule has 0 spiro atoms. The van der Waals surface area contributed by atoms with E-state index in [2.05, 4.69) is 10.3 Å². The van der Waals surface area contributed by atoms with Crippen LogP contribution in [0.15, 0.2) is 36.4 Å². The Morgan fingerprint density at radius 1 is 1.18 bits per heavy atom. The van der Waals surface area contributed by atoms with Crippen LogP contribution in [0.1, 0.15) is 28.4 Å². The number of fused-ring (bicyclic) bond motifs is 3. The van der Waals surface area contributed by atoms with Crippen molar-refractivity contribution in [3.05, 3.63) is 64.6 Å². The van der Waals surface area contributed by atoms with Crippen molar-refractivity contribution in [2.24, 2.45) is 0 Å². The van der Waals surface area contributed by atoms with Gasteiger partial charge in [0.2, 0.25) is 0 Å². The molecule has 0 amide bonds. The third-order valence-electron chi connectivity index (χ3n) is 4.41. The molecule has 2 heterocycles. The zero-order valence-electron chi connectivity index (χ0n) is 12.3. The number of H-pyrrole nitrogens is 1. The van der Waals surface area contributed by atoms with Crippen LogP contribution in [-0.4, -0.2) is 16.6 Å². The van der Waals surface area contributed by atoms with Gasteiger partial charge in [0.1, 0.15) is 11.6 Å². The summed E-state index contributed by atoms with van der Waals surface area (Å²) in [5.74, 6) is 0.0589. The molecule has 1 atom stereocenters. The average molecular weight is 296 g/mol. The summed E-state index contributed by atoms with van der Waals surface area (Å²) in [6, 6.07) is 10.3. The van der Waals surface area contributed by atoms with Gasteiger partial charge in [0.05, 0.1) is 6.04 Å². The Kier molecular flexibility index (Phi) is 2.94. The van der Waals surface area contributed by atoms with Crippen molar-refractivity contribution in [3.8, 4) is 5.75 Å². The first-order chi connectivity index (χ1) is 10.6. The van der Waals surface area contributed by atoms with Crippen molar-refractivity contribution in [2.45, 2.75) is 19.4 Å². The van der Waals surface area contributed by atoms with Gasteiger partial charge in [-0.15, -0.1) is 0 Å². The van der Waals surface area contributed by atoms with Gasteiger partial charge in [0.15, 0.2) is 0 Å². The van der Waals surface area contributed by atoms with Gasteiger partial charge in [0.25, 0.3) is 0 Å². The highest BCUT2D eigenvalue weighted by atomic mass is 19.1. The molecule has 22 heavy (non-hydrogen) atoms. The normalized spacial score (nSPS) is 17.6. The number of hydrogen-bond donors (Lipinski definition) is 3. The second kappa shape index (κ2) is 4.85. The molecule has 0 fully saturated rings. The Balaban J connectivity index is 1.92. The molecule has 3 nitrogen and oxygen atoms in total. The van der Waals surface area contributed by atoms with E-state index in [1.807, 2.05) is 19.1 Å².